The fourth-order valence-corrected chi connectivity index (χ4v) is 6.10. The molecule has 4 heterocycles. The highest BCUT2D eigenvalue weighted by atomic mass is 32.1. The number of benzene rings is 2. The van der Waals surface area contributed by atoms with Crippen LogP contribution < -0.4 is 25.1 Å². The summed E-state index contributed by atoms with van der Waals surface area (Å²) >= 11 is 2.85. The van der Waals surface area contributed by atoms with Crippen LogP contribution in [0.15, 0.2) is 70.1 Å². The number of hydrazone groups is 1. The number of thiophene rings is 1. The zero-order chi connectivity index (χ0) is 24.8. The Morgan fingerprint density at radius 2 is 1.83 bits per heavy atom. The summed E-state index contributed by atoms with van der Waals surface area (Å²) in [7, 11) is 3.20. The van der Waals surface area contributed by atoms with E-state index in [1.54, 1.807) is 43.8 Å². The van der Waals surface area contributed by atoms with Crippen LogP contribution in [0, 0.1) is 0 Å². The first-order chi connectivity index (χ1) is 17.6. The van der Waals surface area contributed by atoms with Gasteiger partial charge in [0.2, 0.25) is 11.0 Å². The minimum absolute atomic E-state index is 0.132. The Balaban J connectivity index is 1.46. The van der Waals surface area contributed by atoms with Crippen molar-refractivity contribution >= 4 is 45.0 Å². The molecule has 4 aromatic rings. The molecule has 1 amide bonds. The predicted octanol–water partition coefficient (Wildman–Crippen LogP) is 3.64. The number of nitrogens with zero attached hydrogens (tertiary/aromatic N) is 4. The Bertz CT molecular complexity index is 1630. The van der Waals surface area contributed by atoms with Crippen molar-refractivity contribution < 1.29 is 19.4 Å². The van der Waals surface area contributed by atoms with Crippen LogP contribution in [0.3, 0.4) is 0 Å². The van der Waals surface area contributed by atoms with E-state index in [1.165, 1.54) is 11.3 Å². The number of hydrogen-bond donors (Lipinski definition) is 1. The van der Waals surface area contributed by atoms with Crippen LogP contribution >= 0.6 is 22.7 Å². The summed E-state index contributed by atoms with van der Waals surface area (Å²) < 4.78 is 10.6. The number of amides is 1. The van der Waals surface area contributed by atoms with Crippen LogP contribution in [0.25, 0.3) is 5.57 Å². The quantitative estimate of drug-likeness (QED) is 0.420. The van der Waals surface area contributed by atoms with Gasteiger partial charge in [0.25, 0.3) is 5.91 Å². The highest BCUT2D eigenvalue weighted by Gasteiger charge is 2.34. The molecule has 2 aliphatic heterocycles. The Labute approximate surface area is 214 Å². The third-order valence-corrected chi connectivity index (χ3v) is 8.12. The van der Waals surface area contributed by atoms with Crippen LogP contribution in [-0.2, 0) is 4.79 Å². The maximum Gasteiger partial charge on any atom is 0.279 e. The fourth-order valence-electron chi connectivity index (χ4n) is 4.37. The molecule has 0 aliphatic carbocycles. The molecule has 1 N–H and O–H groups in total. The third-order valence-electron chi connectivity index (χ3n) is 6.15. The van der Waals surface area contributed by atoms with Crippen molar-refractivity contribution in [3.63, 3.8) is 0 Å². The molecule has 0 fully saturated rings. The van der Waals surface area contributed by atoms with Crippen LogP contribution in [0.1, 0.15) is 27.8 Å². The van der Waals surface area contributed by atoms with Gasteiger partial charge in [-0.05, 0) is 47.3 Å². The lowest BCUT2D eigenvalue weighted by Crippen LogP contribution is -2.23. The van der Waals surface area contributed by atoms with Crippen LogP contribution in [-0.4, -0.2) is 35.9 Å². The summed E-state index contributed by atoms with van der Waals surface area (Å²) in [5.74, 6) is 0.729. The van der Waals surface area contributed by atoms with Gasteiger partial charge in [-0.15, -0.1) is 11.3 Å². The average Bonchev–Trinajstić information content (AvgIpc) is 3.69. The number of aromatic hydroxyl groups is 1. The SMILES string of the molecule is COc1ccc(C2CC(c3cccs3)=NN2c2nc(O)c(C3=c4cc(OC)ccc4=NC3=O)s2)cc1. The van der Waals surface area contributed by atoms with E-state index >= 15 is 0 Å². The summed E-state index contributed by atoms with van der Waals surface area (Å²) in [5, 5.41) is 21.3. The van der Waals surface area contributed by atoms with Crippen LogP contribution in [0.2, 0.25) is 0 Å². The maximum absolute atomic E-state index is 12.8. The monoisotopic (exact) mass is 516 g/mol. The number of carbonyl (C=O) groups is 1. The number of carbonyl (C=O) groups excluding carboxylic acids is 1. The largest absolute Gasteiger partial charge is 0.497 e. The molecule has 180 valence electrons. The van der Waals surface area contributed by atoms with E-state index in [9.17, 15) is 9.90 Å². The van der Waals surface area contributed by atoms with Crippen molar-refractivity contribution in [2.24, 2.45) is 10.1 Å². The minimum Gasteiger partial charge on any atom is -0.497 e. The lowest BCUT2D eigenvalue weighted by atomic mass is 10.0. The Hall–Kier alpha value is -4.02. The van der Waals surface area contributed by atoms with E-state index in [2.05, 4.69) is 9.98 Å². The first-order valence-corrected chi connectivity index (χ1v) is 12.8. The topological polar surface area (TPSA) is 96.6 Å². The van der Waals surface area contributed by atoms with Crippen molar-refractivity contribution in [2.45, 2.75) is 12.5 Å². The smallest absolute Gasteiger partial charge is 0.279 e. The molecule has 6 rings (SSSR count). The fraction of sp³-hybridized carbons (Fsp3) is 0.154. The van der Waals surface area contributed by atoms with E-state index in [4.69, 9.17) is 14.6 Å². The number of methoxy groups -OCH3 is 2. The molecule has 0 bridgehead atoms. The zero-order valence-corrected chi connectivity index (χ0v) is 21.0. The van der Waals surface area contributed by atoms with Gasteiger partial charge in [-0.25, -0.2) is 10.0 Å². The maximum atomic E-state index is 12.8. The molecule has 0 saturated carbocycles. The van der Waals surface area contributed by atoms with Gasteiger partial charge in [-0.1, -0.05) is 29.5 Å². The summed E-state index contributed by atoms with van der Waals surface area (Å²) in [4.78, 5) is 22.9. The van der Waals surface area contributed by atoms with Gasteiger partial charge >= 0.3 is 0 Å². The van der Waals surface area contributed by atoms with E-state index < -0.39 is 5.91 Å². The standard InChI is InChI=1S/C26H20N4O4S2/c1-33-15-7-5-14(6-8-15)20-13-19(21-4-3-11-35-21)29-30(20)26-28-25(32)23(36-26)22-17-12-16(34-2)9-10-18(17)27-24(22)31/h3-12,20,32H,13H2,1-2H3. The van der Waals surface area contributed by atoms with E-state index in [0.717, 1.165) is 21.9 Å². The number of hydrogen-bond acceptors (Lipinski definition) is 9. The molecule has 2 aromatic carbocycles. The number of aromatic nitrogens is 1. The molecule has 1 unspecified atom stereocenters. The number of rotatable bonds is 6. The predicted molar refractivity (Wildman–Crippen MR) is 139 cm³/mol. The molecular weight excluding hydrogens is 496 g/mol. The minimum atomic E-state index is -0.417. The van der Waals surface area contributed by atoms with Gasteiger partial charge < -0.3 is 14.6 Å². The Kier molecular flexibility index (Phi) is 5.54. The van der Waals surface area contributed by atoms with Crippen molar-refractivity contribution in [3.8, 4) is 17.4 Å². The Morgan fingerprint density at radius 3 is 2.56 bits per heavy atom. The number of thiazole rings is 1. The molecule has 2 aromatic heterocycles. The van der Waals surface area contributed by atoms with Crippen molar-refractivity contribution in [3.05, 3.63) is 85.9 Å². The highest BCUT2D eigenvalue weighted by Crippen LogP contribution is 2.43. The second-order valence-electron chi connectivity index (χ2n) is 8.19. The van der Waals surface area contributed by atoms with E-state index in [1.807, 2.05) is 46.8 Å². The molecule has 10 heteroatoms. The molecule has 0 radical (unpaired) electrons. The number of ether oxygens (including phenoxy) is 2. The normalized spacial score (nSPS) is 16.7. The summed E-state index contributed by atoms with van der Waals surface area (Å²) in [6, 6.07) is 17.0. The average molecular weight is 517 g/mol. The molecular formula is C26H20N4O4S2. The lowest BCUT2D eigenvalue weighted by molar-refractivity contribution is -0.112. The van der Waals surface area contributed by atoms with Crippen molar-refractivity contribution in [2.75, 3.05) is 19.2 Å². The van der Waals surface area contributed by atoms with Crippen molar-refractivity contribution in [1.29, 1.82) is 0 Å². The molecule has 2 aliphatic rings. The lowest BCUT2D eigenvalue weighted by Gasteiger charge is -2.21. The summed E-state index contributed by atoms with van der Waals surface area (Å²) in [5.41, 5.74) is 2.29. The van der Waals surface area contributed by atoms with Crippen LogP contribution in [0.5, 0.6) is 17.4 Å². The number of anilines is 1. The van der Waals surface area contributed by atoms with Gasteiger partial charge in [-0.3, -0.25) is 4.79 Å². The molecule has 0 spiro atoms. The van der Waals surface area contributed by atoms with E-state index in [-0.39, 0.29) is 11.9 Å². The first-order valence-electron chi connectivity index (χ1n) is 11.1. The van der Waals surface area contributed by atoms with Crippen LogP contribution in [0.4, 0.5) is 5.13 Å². The molecule has 36 heavy (non-hydrogen) atoms. The second-order valence-corrected chi connectivity index (χ2v) is 10.1. The highest BCUT2D eigenvalue weighted by molar-refractivity contribution is 7.17. The molecule has 1 atom stereocenters. The van der Waals surface area contributed by atoms with E-state index in [0.29, 0.717) is 38.3 Å². The Morgan fingerprint density at radius 1 is 1.06 bits per heavy atom. The molecule has 0 saturated heterocycles. The number of fused-ring (bicyclic) bond motifs is 1. The van der Waals surface area contributed by atoms with Gasteiger partial charge in [-0.2, -0.15) is 10.1 Å². The summed E-state index contributed by atoms with van der Waals surface area (Å²) in [6.45, 7) is 0. The summed E-state index contributed by atoms with van der Waals surface area (Å²) in [6.07, 6.45) is 0.674. The molecule has 8 nitrogen and oxygen atoms in total. The second kappa shape index (κ2) is 8.89. The zero-order valence-electron chi connectivity index (χ0n) is 19.3. The van der Waals surface area contributed by atoms with Gasteiger partial charge in [0.15, 0.2) is 0 Å². The van der Waals surface area contributed by atoms with Gasteiger partial charge in [0.05, 0.1) is 41.8 Å². The first kappa shape index (κ1) is 22.4. The van der Waals surface area contributed by atoms with Gasteiger partial charge in [0, 0.05) is 11.6 Å². The van der Waals surface area contributed by atoms with Gasteiger partial charge in [0.1, 0.15) is 16.4 Å². The van der Waals surface area contributed by atoms with Crippen molar-refractivity contribution in [1.82, 2.24) is 4.98 Å². The third kappa shape index (κ3) is 3.75.